The smallest absolute Gasteiger partial charge is 0.310 e. The van der Waals surface area contributed by atoms with Crippen LogP contribution in [-0.4, -0.2) is 44.2 Å². The number of hydrogen-bond acceptors (Lipinski definition) is 5. The molecule has 3 heterocycles. The van der Waals surface area contributed by atoms with Crippen LogP contribution in [0.15, 0.2) is 65.6 Å². The molecule has 9 heteroatoms. The second kappa shape index (κ2) is 7.21. The van der Waals surface area contributed by atoms with Gasteiger partial charge in [-0.1, -0.05) is 30.4 Å². The van der Waals surface area contributed by atoms with Crippen LogP contribution in [0.4, 0.5) is 11.4 Å². The molecule has 1 saturated heterocycles. The van der Waals surface area contributed by atoms with Gasteiger partial charge in [0.1, 0.15) is 5.92 Å². The van der Waals surface area contributed by atoms with Crippen molar-refractivity contribution in [3.8, 4) is 0 Å². The van der Waals surface area contributed by atoms with Crippen molar-refractivity contribution in [3.63, 3.8) is 0 Å². The summed E-state index contributed by atoms with van der Waals surface area (Å²) in [6.07, 6.45) is 2.87. The number of amides is 1. The molecule has 0 saturated carbocycles. The molecule has 0 aliphatic carbocycles. The summed E-state index contributed by atoms with van der Waals surface area (Å²) in [5.41, 5.74) is 2.07. The van der Waals surface area contributed by atoms with E-state index in [0.717, 1.165) is 5.56 Å². The predicted molar refractivity (Wildman–Crippen MR) is 112 cm³/mol. The van der Waals surface area contributed by atoms with Gasteiger partial charge in [0.25, 0.3) is 10.0 Å². The van der Waals surface area contributed by atoms with Crippen molar-refractivity contribution in [2.75, 3.05) is 16.2 Å². The number of sulfonamides is 1. The quantitative estimate of drug-likeness (QED) is 0.688. The summed E-state index contributed by atoms with van der Waals surface area (Å²) in [5.74, 6) is -3.32. The van der Waals surface area contributed by atoms with Gasteiger partial charge in [-0.15, -0.1) is 0 Å². The lowest BCUT2D eigenvalue weighted by Crippen LogP contribution is -2.39. The Labute approximate surface area is 179 Å². The number of para-hydroxylation sites is 1. The molecule has 2 aromatic carbocycles. The van der Waals surface area contributed by atoms with E-state index in [2.05, 4.69) is 5.32 Å². The number of fused-ring (bicyclic) bond motifs is 3. The van der Waals surface area contributed by atoms with Crippen LogP contribution in [0.3, 0.4) is 0 Å². The Morgan fingerprint density at radius 1 is 1.00 bits per heavy atom. The fraction of sp³-hybridized carbons (Fsp3) is 0.273. The van der Waals surface area contributed by atoms with E-state index in [1.165, 1.54) is 28.6 Å². The zero-order valence-electron chi connectivity index (χ0n) is 16.3. The molecule has 1 amide bonds. The minimum Gasteiger partial charge on any atom is -0.481 e. The average Bonchev–Trinajstić information content (AvgIpc) is 3.48. The van der Waals surface area contributed by atoms with Crippen LogP contribution in [0.5, 0.6) is 0 Å². The second-order valence-electron chi connectivity index (χ2n) is 7.81. The first kappa shape index (κ1) is 19.8. The highest BCUT2D eigenvalue weighted by Gasteiger charge is 2.53. The summed E-state index contributed by atoms with van der Waals surface area (Å²) in [5, 5.41) is 12.1. The minimum atomic E-state index is -3.73. The maximum atomic E-state index is 13.1. The molecule has 2 N–H and O–H groups in total. The lowest BCUT2D eigenvalue weighted by Gasteiger charge is -2.21. The number of aliphatic carboxylic acids is 1. The Morgan fingerprint density at radius 2 is 1.68 bits per heavy atom. The van der Waals surface area contributed by atoms with E-state index in [9.17, 15) is 23.1 Å². The number of nitrogens with zero attached hydrogens (tertiary/aromatic N) is 1. The van der Waals surface area contributed by atoms with E-state index in [-0.39, 0.29) is 4.90 Å². The van der Waals surface area contributed by atoms with Gasteiger partial charge < -0.3 is 15.2 Å². The Hall–Kier alpha value is -3.17. The van der Waals surface area contributed by atoms with Gasteiger partial charge in [0, 0.05) is 12.2 Å². The molecule has 0 aromatic heterocycles. The van der Waals surface area contributed by atoms with Crippen LogP contribution in [0.1, 0.15) is 5.56 Å². The zero-order valence-corrected chi connectivity index (χ0v) is 17.2. The molecule has 1 fully saturated rings. The monoisotopic (exact) mass is 440 g/mol. The summed E-state index contributed by atoms with van der Waals surface area (Å²) >= 11 is 0. The number of nitrogens with one attached hydrogen (secondary N) is 1. The SMILES string of the molecule is O=C(O)[C@@H]1[C@@H](C(=O)Nc2ccc(S(=O)(=O)N3CCc4ccccc43)cc2)[C@@H]2C=C[C@@H]1O2. The van der Waals surface area contributed by atoms with Crippen molar-refractivity contribution in [2.24, 2.45) is 11.8 Å². The van der Waals surface area contributed by atoms with Crippen molar-refractivity contribution >= 4 is 33.3 Å². The number of ether oxygens (including phenoxy) is 1. The van der Waals surface area contributed by atoms with Crippen LogP contribution in [0.2, 0.25) is 0 Å². The number of carbonyl (C=O) groups excluding carboxylic acids is 1. The minimum absolute atomic E-state index is 0.122. The van der Waals surface area contributed by atoms with Gasteiger partial charge in [0.2, 0.25) is 5.91 Å². The Kier molecular flexibility index (Phi) is 4.60. The van der Waals surface area contributed by atoms with Crippen molar-refractivity contribution in [1.82, 2.24) is 0 Å². The lowest BCUT2D eigenvalue weighted by molar-refractivity contribution is -0.145. The molecule has 3 aliphatic heterocycles. The van der Waals surface area contributed by atoms with Crippen LogP contribution in [0.25, 0.3) is 0 Å². The number of rotatable bonds is 5. The van der Waals surface area contributed by atoms with Crippen LogP contribution in [-0.2, 0) is 30.8 Å². The van der Waals surface area contributed by atoms with E-state index in [0.29, 0.717) is 24.3 Å². The number of carboxylic acid groups (broad SMARTS) is 1. The number of anilines is 2. The standard InChI is InChI=1S/C22H20N2O6S/c25-21(19-17-9-10-18(30-17)20(19)22(26)27)23-14-5-7-15(8-6-14)31(28,29)24-12-11-13-3-1-2-4-16(13)24/h1-10,17-20H,11-12H2,(H,23,25)(H,26,27)/t17-,18-,19-,20-/m0/s1. The summed E-state index contributed by atoms with van der Waals surface area (Å²) in [6.45, 7) is 0.383. The van der Waals surface area contributed by atoms with E-state index < -0.39 is 45.9 Å². The van der Waals surface area contributed by atoms with Gasteiger partial charge in [-0.05, 0) is 42.3 Å². The largest absolute Gasteiger partial charge is 0.481 e. The first-order chi connectivity index (χ1) is 14.9. The van der Waals surface area contributed by atoms with Crippen LogP contribution in [0, 0.1) is 11.8 Å². The second-order valence-corrected chi connectivity index (χ2v) is 9.67. The summed E-state index contributed by atoms with van der Waals surface area (Å²) in [6, 6.07) is 13.3. The molecule has 3 aliphatic rings. The maximum Gasteiger partial charge on any atom is 0.310 e. The molecule has 8 nitrogen and oxygen atoms in total. The molecule has 0 spiro atoms. The van der Waals surface area contributed by atoms with E-state index in [4.69, 9.17) is 4.74 Å². The highest BCUT2D eigenvalue weighted by atomic mass is 32.2. The molecule has 5 rings (SSSR count). The van der Waals surface area contributed by atoms with Gasteiger partial charge in [-0.2, -0.15) is 0 Å². The fourth-order valence-corrected chi connectivity index (χ4v) is 6.04. The fourth-order valence-electron chi connectivity index (χ4n) is 4.54. The highest BCUT2D eigenvalue weighted by Crippen LogP contribution is 2.40. The average molecular weight is 440 g/mol. The van der Waals surface area contributed by atoms with E-state index in [1.807, 2.05) is 18.2 Å². The molecule has 4 atom stereocenters. The Morgan fingerprint density at radius 3 is 2.39 bits per heavy atom. The third-order valence-corrected chi connectivity index (χ3v) is 7.87. The number of carboxylic acids is 1. The molecule has 2 bridgehead atoms. The topological polar surface area (TPSA) is 113 Å². The van der Waals surface area contributed by atoms with Crippen LogP contribution >= 0.6 is 0 Å². The number of benzene rings is 2. The van der Waals surface area contributed by atoms with Crippen molar-refractivity contribution in [1.29, 1.82) is 0 Å². The normalized spacial score (nSPS) is 26.1. The molecule has 0 radical (unpaired) electrons. The number of carbonyl (C=O) groups is 2. The van der Waals surface area contributed by atoms with Crippen molar-refractivity contribution in [3.05, 3.63) is 66.2 Å². The summed E-state index contributed by atoms with van der Waals surface area (Å²) in [7, 11) is -3.73. The third-order valence-electron chi connectivity index (χ3n) is 6.04. The van der Waals surface area contributed by atoms with Crippen molar-refractivity contribution in [2.45, 2.75) is 23.5 Å². The summed E-state index contributed by atoms with van der Waals surface area (Å²) in [4.78, 5) is 24.4. The van der Waals surface area contributed by atoms with Crippen molar-refractivity contribution < 1.29 is 27.9 Å². The lowest BCUT2D eigenvalue weighted by atomic mass is 9.82. The maximum absolute atomic E-state index is 13.1. The first-order valence-corrected chi connectivity index (χ1v) is 11.4. The molecular formula is C22H20N2O6S. The zero-order chi connectivity index (χ0) is 21.8. The van der Waals surface area contributed by atoms with Crippen LogP contribution < -0.4 is 9.62 Å². The first-order valence-electron chi connectivity index (χ1n) is 9.94. The Bertz CT molecular complexity index is 1190. The highest BCUT2D eigenvalue weighted by molar-refractivity contribution is 7.92. The molecular weight excluding hydrogens is 420 g/mol. The molecule has 0 unspecified atom stereocenters. The van der Waals surface area contributed by atoms with Gasteiger partial charge in [0.15, 0.2) is 0 Å². The van der Waals surface area contributed by atoms with Gasteiger partial charge in [-0.25, -0.2) is 8.42 Å². The molecule has 2 aromatic rings. The van der Waals surface area contributed by atoms with E-state index >= 15 is 0 Å². The Balaban J connectivity index is 1.33. The summed E-state index contributed by atoms with van der Waals surface area (Å²) < 4.78 is 33.1. The third kappa shape index (κ3) is 3.21. The molecule has 160 valence electrons. The van der Waals surface area contributed by atoms with Gasteiger partial charge in [0.05, 0.1) is 28.7 Å². The number of hydrogen-bond donors (Lipinski definition) is 2. The van der Waals surface area contributed by atoms with E-state index in [1.54, 1.807) is 18.2 Å². The predicted octanol–water partition coefficient (Wildman–Crippen LogP) is 2.03. The van der Waals surface area contributed by atoms with Gasteiger partial charge >= 0.3 is 5.97 Å². The molecule has 31 heavy (non-hydrogen) atoms. The van der Waals surface area contributed by atoms with Gasteiger partial charge in [-0.3, -0.25) is 13.9 Å².